The van der Waals surface area contributed by atoms with Crippen LogP contribution in [0, 0.1) is 17.0 Å². The van der Waals surface area contributed by atoms with Crippen LogP contribution in [-0.2, 0) is 4.79 Å². The van der Waals surface area contributed by atoms with Gasteiger partial charge in [-0.05, 0) is 32.4 Å². The Kier molecular flexibility index (Phi) is 4.44. The zero-order chi connectivity index (χ0) is 15.5. The highest BCUT2D eigenvalue weighted by Gasteiger charge is 2.25. The van der Waals surface area contributed by atoms with E-state index in [0.717, 1.165) is 0 Å². The SMILES string of the molecule is Cc1cc(C(=O)NC(C)(C)CC(=O)O)cc([N+](=O)[O-])c1. The number of carboxylic acid groups (broad SMARTS) is 1. The second-order valence-electron chi connectivity index (χ2n) is 5.22. The fourth-order valence-corrected chi connectivity index (χ4v) is 1.80. The van der Waals surface area contributed by atoms with Gasteiger partial charge in [-0.1, -0.05) is 0 Å². The zero-order valence-corrected chi connectivity index (χ0v) is 11.5. The maximum atomic E-state index is 12.0. The fraction of sp³-hybridized carbons (Fsp3) is 0.385. The molecule has 0 radical (unpaired) electrons. The molecule has 1 aromatic carbocycles. The summed E-state index contributed by atoms with van der Waals surface area (Å²) in [6.07, 6.45) is -0.243. The Morgan fingerprint density at radius 2 is 1.95 bits per heavy atom. The molecule has 7 heteroatoms. The van der Waals surface area contributed by atoms with Gasteiger partial charge >= 0.3 is 5.97 Å². The molecular formula is C13H16N2O5. The number of hydrogen-bond acceptors (Lipinski definition) is 4. The van der Waals surface area contributed by atoms with Crippen molar-refractivity contribution in [3.63, 3.8) is 0 Å². The summed E-state index contributed by atoms with van der Waals surface area (Å²) in [5.41, 5.74) is -0.400. The lowest BCUT2D eigenvalue weighted by Gasteiger charge is -2.24. The van der Waals surface area contributed by atoms with Crippen LogP contribution < -0.4 is 5.32 Å². The van der Waals surface area contributed by atoms with Crippen molar-refractivity contribution in [2.45, 2.75) is 32.7 Å². The van der Waals surface area contributed by atoms with Crippen molar-refractivity contribution in [3.8, 4) is 0 Å². The monoisotopic (exact) mass is 280 g/mol. The van der Waals surface area contributed by atoms with Crippen LogP contribution in [0.4, 0.5) is 5.69 Å². The van der Waals surface area contributed by atoms with Crippen LogP contribution in [0.2, 0.25) is 0 Å². The van der Waals surface area contributed by atoms with Crippen LogP contribution in [0.25, 0.3) is 0 Å². The van der Waals surface area contributed by atoms with Crippen LogP contribution in [-0.4, -0.2) is 27.4 Å². The van der Waals surface area contributed by atoms with E-state index in [-0.39, 0.29) is 17.7 Å². The number of carbonyl (C=O) groups excluding carboxylic acids is 1. The van der Waals surface area contributed by atoms with Gasteiger partial charge < -0.3 is 10.4 Å². The van der Waals surface area contributed by atoms with Gasteiger partial charge in [0.05, 0.1) is 11.3 Å². The predicted molar refractivity (Wildman–Crippen MR) is 71.6 cm³/mol. The van der Waals surface area contributed by atoms with E-state index in [2.05, 4.69) is 5.32 Å². The van der Waals surface area contributed by atoms with Crippen molar-refractivity contribution < 1.29 is 19.6 Å². The Labute approximate surface area is 115 Å². The molecule has 1 aromatic rings. The summed E-state index contributed by atoms with van der Waals surface area (Å²) in [5, 5.41) is 22.1. The second-order valence-corrected chi connectivity index (χ2v) is 5.22. The summed E-state index contributed by atoms with van der Waals surface area (Å²) in [7, 11) is 0. The molecule has 0 aliphatic rings. The number of hydrogen-bond donors (Lipinski definition) is 2. The number of nitro groups is 1. The highest BCUT2D eigenvalue weighted by Crippen LogP contribution is 2.18. The second kappa shape index (κ2) is 5.68. The van der Waals surface area contributed by atoms with Gasteiger partial charge in [-0.3, -0.25) is 19.7 Å². The molecule has 108 valence electrons. The van der Waals surface area contributed by atoms with E-state index in [1.54, 1.807) is 20.8 Å². The normalized spacial score (nSPS) is 10.9. The average Bonchev–Trinajstić information content (AvgIpc) is 2.25. The number of aliphatic carboxylic acids is 1. The van der Waals surface area contributed by atoms with Crippen molar-refractivity contribution in [2.24, 2.45) is 0 Å². The number of benzene rings is 1. The summed E-state index contributed by atoms with van der Waals surface area (Å²) in [4.78, 5) is 32.9. The van der Waals surface area contributed by atoms with E-state index in [4.69, 9.17) is 5.11 Å². The van der Waals surface area contributed by atoms with Crippen molar-refractivity contribution >= 4 is 17.6 Å². The lowest BCUT2D eigenvalue weighted by molar-refractivity contribution is -0.384. The van der Waals surface area contributed by atoms with Gasteiger partial charge in [-0.2, -0.15) is 0 Å². The van der Waals surface area contributed by atoms with Crippen molar-refractivity contribution in [3.05, 3.63) is 39.4 Å². The van der Waals surface area contributed by atoms with Gasteiger partial charge in [0, 0.05) is 23.2 Å². The van der Waals surface area contributed by atoms with E-state index in [1.165, 1.54) is 18.2 Å². The number of nitrogens with zero attached hydrogens (tertiary/aromatic N) is 1. The molecule has 1 amide bonds. The Morgan fingerprint density at radius 3 is 2.45 bits per heavy atom. The van der Waals surface area contributed by atoms with Crippen molar-refractivity contribution in [1.82, 2.24) is 5.32 Å². The molecule has 0 spiro atoms. The molecule has 0 aliphatic heterocycles. The van der Waals surface area contributed by atoms with Gasteiger partial charge in [0.1, 0.15) is 0 Å². The number of carboxylic acids is 1. The molecular weight excluding hydrogens is 264 g/mol. The first-order valence-corrected chi connectivity index (χ1v) is 5.91. The van der Waals surface area contributed by atoms with Crippen LogP contribution in [0.5, 0.6) is 0 Å². The summed E-state index contributed by atoms with van der Waals surface area (Å²) in [6, 6.07) is 4.04. The van der Waals surface area contributed by atoms with Crippen LogP contribution >= 0.6 is 0 Å². The van der Waals surface area contributed by atoms with Gasteiger partial charge in [0.15, 0.2) is 0 Å². The standard InChI is InChI=1S/C13H16N2O5/c1-8-4-9(6-10(5-8)15(19)20)12(18)14-13(2,3)7-11(16)17/h4-6H,7H2,1-3H3,(H,14,18)(H,16,17). The zero-order valence-electron chi connectivity index (χ0n) is 11.5. The van der Waals surface area contributed by atoms with Gasteiger partial charge in [-0.25, -0.2) is 0 Å². The molecule has 1 rings (SSSR count). The number of aryl methyl sites for hydroxylation is 1. The van der Waals surface area contributed by atoms with Crippen LogP contribution in [0.1, 0.15) is 36.2 Å². The third-order valence-corrected chi connectivity index (χ3v) is 2.58. The van der Waals surface area contributed by atoms with Crippen molar-refractivity contribution in [1.29, 1.82) is 0 Å². The van der Waals surface area contributed by atoms with Crippen LogP contribution in [0.15, 0.2) is 18.2 Å². The molecule has 0 saturated carbocycles. The highest BCUT2D eigenvalue weighted by atomic mass is 16.6. The fourth-order valence-electron chi connectivity index (χ4n) is 1.80. The minimum atomic E-state index is -1.04. The van der Waals surface area contributed by atoms with Gasteiger partial charge in [0.25, 0.3) is 11.6 Å². The molecule has 0 saturated heterocycles. The number of non-ortho nitro benzene ring substituents is 1. The molecule has 20 heavy (non-hydrogen) atoms. The molecule has 0 aliphatic carbocycles. The first-order chi connectivity index (χ1) is 9.10. The van der Waals surface area contributed by atoms with E-state index >= 15 is 0 Å². The molecule has 0 heterocycles. The summed E-state index contributed by atoms with van der Waals surface area (Å²) in [5.74, 6) is -1.58. The highest BCUT2D eigenvalue weighted by molar-refractivity contribution is 5.95. The third kappa shape index (κ3) is 4.34. The summed E-state index contributed by atoms with van der Waals surface area (Å²) < 4.78 is 0. The molecule has 0 bridgehead atoms. The van der Waals surface area contributed by atoms with Gasteiger partial charge in [0.2, 0.25) is 0 Å². The van der Waals surface area contributed by atoms with E-state index in [0.29, 0.717) is 5.56 Å². The maximum Gasteiger partial charge on any atom is 0.305 e. The summed E-state index contributed by atoms with van der Waals surface area (Å²) in [6.45, 7) is 4.79. The molecule has 2 N–H and O–H groups in total. The van der Waals surface area contributed by atoms with Gasteiger partial charge in [-0.15, -0.1) is 0 Å². The Balaban J connectivity index is 2.98. The number of carbonyl (C=O) groups is 2. The first-order valence-electron chi connectivity index (χ1n) is 5.91. The van der Waals surface area contributed by atoms with Crippen molar-refractivity contribution in [2.75, 3.05) is 0 Å². The number of amides is 1. The Hall–Kier alpha value is -2.44. The average molecular weight is 280 g/mol. The molecule has 0 aromatic heterocycles. The molecule has 0 fully saturated rings. The predicted octanol–water partition coefficient (Wildman–Crippen LogP) is 1.89. The Bertz CT molecular complexity index is 566. The molecule has 0 unspecified atom stereocenters. The lowest BCUT2D eigenvalue weighted by atomic mass is 9.99. The first kappa shape index (κ1) is 15.6. The minimum Gasteiger partial charge on any atom is -0.481 e. The third-order valence-electron chi connectivity index (χ3n) is 2.58. The number of nitrogens with one attached hydrogen (secondary N) is 1. The lowest BCUT2D eigenvalue weighted by Crippen LogP contribution is -2.44. The van der Waals surface area contributed by atoms with E-state index < -0.39 is 22.3 Å². The smallest absolute Gasteiger partial charge is 0.305 e. The molecule has 7 nitrogen and oxygen atoms in total. The number of rotatable bonds is 5. The molecule has 0 atom stereocenters. The minimum absolute atomic E-state index is 0.134. The quantitative estimate of drug-likeness (QED) is 0.632. The van der Waals surface area contributed by atoms with E-state index in [9.17, 15) is 19.7 Å². The van der Waals surface area contributed by atoms with E-state index in [1.807, 2.05) is 0 Å². The number of nitro benzene ring substituents is 1. The summed E-state index contributed by atoms with van der Waals surface area (Å²) >= 11 is 0. The van der Waals surface area contributed by atoms with Crippen LogP contribution in [0.3, 0.4) is 0 Å². The topological polar surface area (TPSA) is 110 Å². The largest absolute Gasteiger partial charge is 0.481 e. The Morgan fingerprint density at radius 1 is 1.35 bits per heavy atom. The maximum absolute atomic E-state index is 12.0.